The van der Waals surface area contributed by atoms with Gasteiger partial charge in [0, 0.05) is 18.9 Å². The summed E-state index contributed by atoms with van der Waals surface area (Å²) < 4.78 is 45.5. The minimum atomic E-state index is -0.795. The van der Waals surface area contributed by atoms with E-state index >= 15 is 0 Å². The maximum Gasteiger partial charge on any atom is 0.272 e. The van der Waals surface area contributed by atoms with E-state index < -0.39 is 29.3 Å². The van der Waals surface area contributed by atoms with Gasteiger partial charge in [0.1, 0.15) is 17.5 Å². The van der Waals surface area contributed by atoms with Crippen molar-refractivity contribution in [3.63, 3.8) is 0 Å². The molecule has 0 spiro atoms. The van der Waals surface area contributed by atoms with Gasteiger partial charge in [-0.2, -0.15) is 0 Å². The third-order valence-electron chi connectivity index (χ3n) is 3.75. The van der Waals surface area contributed by atoms with Gasteiger partial charge < -0.3 is 4.42 Å². The van der Waals surface area contributed by atoms with Crippen molar-refractivity contribution in [3.8, 4) is 11.3 Å². The molecule has 3 aromatic rings. The van der Waals surface area contributed by atoms with Crippen LogP contribution in [0.25, 0.3) is 11.3 Å². The molecule has 1 heterocycles. The van der Waals surface area contributed by atoms with Gasteiger partial charge in [0.2, 0.25) is 5.91 Å². The maximum atomic E-state index is 13.7. The summed E-state index contributed by atoms with van der Waals surface area (Å²) in [6.45, 7) is 0. The van der Waals surface area contributed by atoms with E-state index in [1.807, 2.05) is 0 Å². The Morgan fingerprint density at radius 2 is 1.79 bits per heavy atom. The molecule has 28 heavy (non-hydrogen) atoms. The number of hydrogen-bond donors (Lipinski definition) is 2. The van der Waals surface area contributed by atoms with Crippen LogP contribution in [0, 0.1) is 17.5 Å². The molecule has 0 bridgehead atoms. The molecular formula is C19H14F3N3O3. The van der Waals surface area contributed by atoms with Gasteiger partial charge in [0.25, 0.3) is 5.91 Å². The number of carbonyl (C=O) groups is 2. The molecule has 0 aliphatic rings. The highest BCUT2D eigenvalue weighted by atomic mass is 19.1. The summed E-state index contributed by atoms with van der Waals surface area (Å²) in [5.41, 5.74) is 4.10. The van der Waals surface area contributed by atoms with E-state index in [0.29, 0.717) is 0 Å². The van der Waals surface area contributed by atoms with Crippen LogP contribution in [0.3, 0.4) is 0 Å². The molecule has 1 aromatic heterocycles. The summed E-state index contributed by atoms with van der Waals surface area (Å²) in [7, 11) is 0. The molecule has 9 heteroatoms. The van der Waals surface area contributed by atoms with Crippen LogP contribution in [0.15, 0.2) is 53.1 Å². The Labute approximate surface area is 157 Å². The lowest BCUT2D eigenvalue weighted by molar-refractivity contribution is -0.121. The maximum absolute atomic E-state index is 13.7. The first-order valence-electron chi connectivity index (χ1n) is 8.18. The van der Waals surface area contributed by atoms with Crippen molar-refractivity contribution in [1.29, 1.82) is 0 Å². The number of nitrogens with one attached hydrogen (secondary N) is 2. The van der Waals surface area contributed by atoms with Crippen LogP contribution < -0.4 is 10.9 Å². The highest BCUT2D eigenvalue weighted by Crippen LogP contribution is 2.24. The molecule has 0 radical (unpaired) electrons. The minimum absolute atomic E-state index is 0.0433. The molecule has 2 aromatic carbocycles. The van der Waals surface area contributed by atoms with Gasteiger partial charge in [-0.25, -0.2) is 18.2 Å². The number of amides is 2. The number of oxazole rings is 1. The van der Waals surface area contributed by atoms with Crippen molar-refractivity contribution in [2.45, 2.75) is 12.8 Å². The Hall–Kier alpha value is -3.62. The van der Waals surface area contributed by atoms with Crippen molar-refractivity contribution in [1.82, 2.24) is 15.8 Å². The fourth-order valence-corrected chi connectivity index (χ4v) is 2.36. The third-order valence-corrected chi connectivity index (χ3v) is 3.75. The molecule has 6 nitrogen and oxygen atoms in total. The summed E-state index contributed by atoms with van der Waals surface area (Å²) in [4.78, 5) is 27.6. The van der Waals surface area contributed by atoms with Gasteiger partial charge in [0.15, 0.2) is 11.7 Å². The number of halogens is 3. The van der Waals surface area contributed by atoms with Gasteiger partial charge in [-0.1, -0.05) is 12.1 Å². The van der Waals surface area contributed by atoms with Gasteiger partial charge in [-0.05, 0) is 24.3 Å². The molecule has 0 unspecified atom stereocenters. The first kappa shape index (κ1) is 19.2. The Morgan fingerprint density at radius 3 is 2.54 bits per heavy atom. The average Bonchev–Trinajstić information content (AvgIpc) is 3.13. The second-order valence-electron chi connectivity index (χ2n) is 5.72. The van der Waals surface area contributed by atoms with E-state index in [1.165, 1.54) is 30.5 Å². The molecule has 0 aliphatic heterocycles. The molecule has 0 atom stereocenters. The lowest BCUT2D eigenvalue weighted by atomic mass is 10.2. The Bertz CT molecular complexity index is 1020. The van der Waals surface area contributed by atoms with Crippen molar-refractivity contribution < 1.29 is 27.2 Å². The second kappa shape index (κ2) is 8.38. The van der Waals surface area contributed by atoms with E-state index in [-0.39, 0.29) is 35.6 Å². The van der Waals surface area contributed by atoms with Crippen LogP contribution >= 0.6 is 0 Å². The zero-order valence-corrected chi connectivity index (χ0v) is 14.3. The highest BCUT2D eigenvalue weighted by molar-refractivity contribution is 5.95. The van der Waals surface area contributed by atoms with Crippen molar-refractivity contribution >= 4 is 11.8 Å². The number of nitrogens with zero attached hydrogens (tertiary/aromatic N) is 1. The second-order valence-corrected chi connectivity index (χ2v) is 5.72. The van der Waals surface area contributed by atoms with Crippen LogP contribution in [0.1, 0.15) is 22.7 Å². The summed E-state index contributed by atoms with van der Waals surface area (Å²) in [6.07, 6.45) is 1.25. The van der Waals surface area contributed by atoms with Gasteiger partial charge in [-0.15, -0.1) is 0 Å². The summed E-state index contributed by atoms with van der Waals surface area (Å²) in [5, 5.41) is 0. The van der Waals surface area contributed by atoms with Crippen LogP contribution in [0.2, 0.25) is 0 Å². The number of aromatic nitrogens is 1. The number of hydrogen-bond acceptors (Lipinski definition) is 4. The Kier molecular flexibility index (Phi) is 5.73. The topological polar surface area (TPSA) is 84.2 Å². The standard InChI is InChI=1S/C19H14F3N3O3/c20-11-5-6-12(15(22)9-11)16-10-23-18(28-16)8-7-17(26)24-25-19(27)13-3-1-2-4-14(13)21/h1-6,9-10H,7-8H2,(H,24,26)(H,25,27). The lowest BCUT2D eigenvalue weighted by Crippen LogP contribution is -2.42. The highest BCUT2D eigenvalue weighted by Gasteiger charge is 2.14. The number of hydrazine groups is 1. The predicted octanol–water partition coefficient (Wildman–Crippen LogP) is 3.15. The largest absolute Gasteiger partial charge is 0.441 e. The van der Waals surface area contributed by atoms with E-state index in [0.717, 1.165) is 18.2 Å². The molecule has 0 saturated heterocycles. The molecular weight excluding hydrogens is 375 g/mol. The van der Waals surface area contributed by atoms with Crippen LogP contribution in [0.4, 0.5) is 13.2 Å². The zero-order valence-electron chi connectivity index (χ0n) is 14.3. The molecule has 2 N–H and O–H groups in total. The van der Waals surface area contributed by atoms with Gasteiger partial charge in [-0.3, -0.25) is 20.4 Å². The van der Waals surface area contributed by atoms with Crippen LogP contribution in [0.5, 0.6) is 0 Å². The van der Waals surface area contributed by atoms with E-state index in [4.69, 9.17) is 4.42 Å². The number of benzene rings is 2. The Morgan fingerprint density at radius 1 is 1.00 bits per heavy atom. The molecule has 0 aliphatic carbocycles. The van der Waals surface area contributed by atoms with Crippen LogP contribution in [-0.2, 0) is 11.2 Å². The fraction of sp³-hybridized carbons (Fsp3) is 0.105. The first-order chi connectivity index (χ1) is 13.4. The van der Waals surface area contributed by atoms with E-state index in [9.17, 15) is 22.8 Å². The molecule has 0 fully saturated rings. The normalized spacial score (nSPS) is 10.5. The summed E-state index contributed by atoms with van der Waals surface area (Å²) in [5.74, 6) is -3.31. The van der Waals surface area contributed by atoms with Gasteiger partial charge >= 0.3 is 0 Å². The van der Waals surface area contributed by atoms with Crippen molar-refractivity contribution in [2.24, 2.45) is 0 Å². The smallest absolute Gasteiger partial charge is 0.272 e. The quantitative estimate of drug-likeness (QED) is 0.657. The number of rotatable bonds is 5. The lowest BCUT2D eigenvalue weighted by Gasteiger charge is -2.07. The SMILES string of the molecule is O=C(CCc1ncc(-c2ccc(F)cc2F)o1)NNC(=O)c1ccccc1F. The predicted molar refractivity (Wildman–Crippen MR) is 92.2 cm³/mol. The molecule has 2 amide bonds. The first-order valence-corrected chi connectivity index (χ1v) is 8.18. The molecule has 144 valence electrons. The Balaban J connectivity index is 1.52. The summed E-state index contributed by atoms with van der Waals surface area (Å²) >= 11 is 0. The molecule has 3 rings (SSSR count). The number of aryl methyl sites for hydroxylation is 1. The number of carbonyl (C=O) groups excluding carboxylic acids is 2. The zero-order chi connectivity index (χ0) is 20.1. The summed E-state index contributed by atoms with van der Waals surface area (Å²) in [6, 6.07) is 8.37. The van der Waals surface area contributed by atoms with Gasteiger partial charge in [0.05, 0.1) is 17.3 Å². The molecule has 0 saturated carbocycles. The van der Waals surface area contributed by atoms with Crippen LogP contribution in [-0.4, -0.2) is 16.8 Å². The van der Waals surface area contributed by atoms with E-state index in [2.05, 4.69) is 15.8 Å². The fourth-order valence-electron chi connectivity index (χ4n) is 2.36. The monoisotopic (exact) mass is 389 g/mol. The van der Waals surface area contributed by atoms with Crippen molar-refractivity contribution in [2.75, 3.05) is 0 Å². The van der Waals surface area contributed by atoms with E-state index in [1.54, 1.807) is 0 Å². The third kappa shape index (κ3) is 4.56. The van der Waals surface area contributed by atoms with Crippen molar-refractivity contribution in [3.05, 3.63) is 77.6 Å². The average molecular weight is 389 g/mol. The minimum Gasteiger partial charge on any atom is -0.441 e.